The molecule has 0 bridgehead atoms. The minimum Gasteiger partial charge on any atom is -0.341 e. The van der Waals surface area contributed by atoms with Gasteiger partial charge in [0.25, 0.3) is 0 Å². The zero-order chi connectivity index (χ0) is 18.8. The summed E-state index contributed by atoms with van der Waals surface area (Å²) in [5.74, 6) is 1.00. The predicted octanol–water partition coefficient (Wildman–Crippen LogP) is 1.80. The molecule has 0 aromatic carbocycles. The average Bonchev–Trinajstić information content (AvgIpc) is 2.99. The van der Waals surface area contributed by atoms with Crippen molar-refractivity contribution in [2.45, 2.75) is 32.9 Å². The molecule has 0 N–H and O–H groups in total. The second-order valence-electron chi connectivity index (χ2n) is 6.77. The third-order valence-electron chi connectivity index (χ3n) is 5.19. The molecule has 1 aliphatic heterocycles. The van der Waals surface area contributed by atoms with E-state index in [1.165, 1.54) is 0 Å². The van der Waals surface area contributed by atoms with Gasteiger partial charge in [-0.2, -0.15) is 5.26 Å². The summed E-state index contributed by atoms with van der Waals surface area (Å²) in [5, 5.41) is 9.00. The van der Waals surface area contributed by atoms with Crippen LogP contribution in [0.2, 0.25) is 0 Å². The summed E-state index contributed by atoms with van der Waals surface area (Å²) in [7, 11) is 0. The number of piperidine rings is 1. The van der Waals surface area contributed by atoms with E-state index in [9.17, 15) is 4.79 Å². The smallest absolute Gasteiger partial charge is 0.330 e. The van der Waals surface area contributed by atoms with E-state index in [0.717, 1.165) is 37.1 Å². The second kappa shape index (κ2) is 7.19. The van der Waals surface area contributed by atoms with Crippen LogP contribution in [0.3, 0.4) is 0 Å². The number of aromatic nitrogens is 5. The monoisotopic (exact) mass is 363 g/mol. The lowest BCUT2D eigenvalue weighted by Crippen LogP contribution is -2.37. The first kappa shape index (κ1) is 17.2. The molecule has 1 saturated heterocycles. The summed E-state index contributed by atoms with van der Waals surface area (Å²) in [4.78, 5) is 27.9. The van der Waals surface area contributed by atoms with E-state index in [4.69, 9.17) is 5.26 Å². The largest absolute Gasteiger partial charge is 0.341 e. The van der Waals surface area contributed by atoms with Crippen molar-refractivity contribution in [2.75, 3.05) is 18.0 Å². The predicted molar refractivity (Wildman–Crippen MR) is 101 cm³/mol. The second-order valence-corrected chi connectivity index (χ2v) is 6.77. The Morgan fingerprint density at radius 1 is 1.19 bits per heavy atom. The molecule has 8 heteroatoms. The van der Waals surface area contributed by atoms with E-state index >= 15 is 0 Å². The molecule has 0 saturated carbocycles. The first-order chi connectivity index (χ1) is 13.2. The normalized spacial score (nSPS) is 15.2. The molecular formula is C19H21N7O. The van der Waals surface area contributed by atoms with Gasteiger partial charge < -0.3 is 4.90 Å². The van der Waals surface area contributed by atoms with E-state index in [-0.39, 0.29) is 5.69 Å². The summed E-state index contributed by atoms with van der Waals surface area (Å²) < 4.78 is 3.59. The number of nitriles is 1. The molecule has 0 spiro atoms. The molecular weight excluding hydrogens is 342 g/mol. The molecule has 8 nitrogen and oxygen atoms in total. The molecule has 0 aliphatic carbocycles. The number of hydrogen-bond acceptors (Lipinski definition) is 6. The van der Waals surface area contributed by atoms with E-state index in [1.807, 2.05) is 23.6 Å². The molecule has 1 fully saturated rings. The summed E-state index contributed by atoms with van der Waals surface area (Å²) in [6.45, 7) is 4.92. The van der Waals surface area contributed by atoms with Gasteiger partial charge in [0.15, 0.2) is 5.65 Å². The molecule has 0 radical (unpaired) electrons. The van der Waals surface area contributed by atoms with Gasteiger partial charge >= 0.3 is 5.69 Å². The lowest BCUT2D eigenvalue weighted by molar-refractivity contribution is 0.352. The number of rotatable bonds is 4. The lowest BCUT2D eigenvalue weighted by atomic mass is 9.97. The van der Waals surface area contributed by atoms with Crippen LogP contribution in [-0.4, -0.2) is 37.2 Å². The molecule has 0 amide bonds. The summed E-state index contributed by atoms with van der Waals surface area (Å²) >= 11 is 0. The van der Waals surface area contributed by atoms with Crippen LogP contribution in [0.25, 0.3) is 11.2 Å². The van der Waals surface area contributed by atoms with Crippen molar-refractivity contribution in [3.05, 3.63) is 46.8 Å². The quantitative estimate of drug-likeness (QED) is 0.702. The maximum absolute atomic E-state index is 12.8. The van der Waals surface area contributed by atoms with Gasteiger partial charge in [-0.15, -0.1) is 0 Å². The molecule has 1 aliphatic rings. The molecule has 4 rings (SSSR count). The Hall–Kier alpha value is -3.21. The van der Waals surface area contributed by atoms with Gasteiger partial charge in [0, 0.05) is 38.6 Å². The van der Waals surface area contributed by atoms with Gasteiger partial charge in [0.05, 0.1) is 5.52 Å². The minimum atomic E-state index is 0.0127. The molecule has 3 aromatic rings. The number of nitrogens with zero attached hydrogens (tertiary/aromatic N) is 7. The number of aryl methyl sites for hydroxylation is 1. The summed E-state index contributed by atoms with van der Waals surface area (Å²) in [5.41, 5.74) is 2.05. The highest BCUT2D eigenvalue weighted by molar-refractivity contribution is 5.71. The van der Waals surface area contributed by atoms with Crippen LogP contribution in [0.15, 0.2) is 35.4 Å². The number of hydrogen-bond donors (Lipinski definition) is 0. The SMILES string of the molecule is CCn1c(=O)n(CC2CCN(c3nccc(C#N)n3)CC2)c2ncccc21. The van der Waals surface area contributed by atoms with Gasteiger partial charge in [0.1, 0.15) is 11.8 Å². The van der Waals surface area contributed by atoms with Crippen molar-refractivity contribution in [3.63, 3.8) is 0 Å². The van der Waals surface area contributed by atoms with Crippen LogP contribution in [0.1, 0.15) is 25.5 Å². The Bertz CT molecular complexity index is 1050. The van der Waals surface area contributed by atoms with Crippen LogP contribution in [0, 0.1) is 17.2 Å². The fraction of sp³-hybridized carbons (Fsp3) is 0.421. The van der Waals surface area contributed by atoms with E-state index in [2.05, 4.69) is 25.9 Å². The highest BCUT2D eigenvalue weighted by atomic mass is 16.1. The van der Waals surface area contributed by atoms with Crippen molar-refractivity contribution in [3.8, 4) is 6.07 Å². The first-order valence-electron chi connectivity index (χ1n) is 9.23. The minimum absolute atomic E-state index is 0.0127. The molecule has 4 heterocycles. The van der Waals surface area contributed by atoms with Crippen LogP contribution >= 0.6 is 0 Å². The maximum atomic E-state index is 12.8. The van der Waals surface area contributed by atoms with Crippen LogP contribution in [0.4, 0.5) is 5.95 Å². The number of fused-ring (bicyclic) bond motifs is 1. The zero-order valence-corrected chi connectivity index (χ0v) is 15.2. The Morgan fingerprint density at radius 3 is 2.74 bits per heavy atom. The van der Waals surface area contributed by atoms with Crippen molar-refractivity contribution < 1.29 is 0 Å². The van der Waals surface area contributed by atoms with E-state index in [0.29, 0.717) is 30.6 Å². The van der Waals surface area contributed by atoms with Crippen LogP contribution in [0.5, 0.6) is 0 Å². The number of anilines is 1. The average molecular weight is 363 g/mol. The molecule has 138 valence electrons. The molecule has 27 heavy (non-hydrogen) atoms. The first-order valence-corrected chi connectivity index (χ1v) is 9.23. The maximum Gasteiger partial charge on any atom is 0.330 e. The van der Waals surface area contributed by atoms with E-state index in [1.54, 1.807) is 23.0 Å². The Labute approximate surface area is 156 Å². The Morgan fingerprint density at radius 2 is 2.00 bits per heavy atom. The summed E-state index contributed by atoms with van der Waals surface area (Å²) in [6.07, 6.45) is 5.24. The summed E-state index contributed by atoms with van der Waals surface area (Å²) in [6, 6.07) is 7.48. The fourth-order valence-electron chi connectivity index (χ4n) is 3.75. The number of imidazole rings is 1. The van der Waals surface area contributed by atoms with Gasteiger partial charge in [-0.05, 0) is 43.9 Å². The van der Waals surface area contributed by atoms with Gasteiger partial charge in [-0.3, -0.25) is 9.13 Å². The van der Waals surface area contributed by atoms with Crippen molar-refractivity contribution in [2.24, 2.45) is 5.92 Å². The van der Waals surface area contributed by atoms with Crippen LogP contribution < -0.4 is 10.6 Å². The number of pyridine rings is 1. The fourth-order valence-corrected chi connectivity index (χ4v) is 3.75. The van der Waals surface area contributed by atoms with Crippen LogP contribution in [-0.2, 0) is 13.1 Å². The topological polar surface area (TPSA) is 92.6 Å². The van der Waals surface area contributed by atoms with E-state index < -0.39 is 0 Å². The third-order valence-corrected chi connectivity index (χ3v) is 5.19. The van der Waals surface area contributed by atoms with Gasteiger partial charge in [0.2, 0.25) is 5.95 Å². The Balaban J connectivity index is 1.50. The highest BCUT2D eigenvalue weighted by Crippen LogP contribution is 2.23. The third kappa shape index (κ3) is 3.16. The standard InChI is InChI=1S/C19H21N7O/c1-2-25-16-4-3-8-21-17(16)26(19(25)27)13-14-6-10-24(11-7-14)18-22-9-5-15(12-20)23-18/h3-5,8-9,14H,2,6-7,10-11,13H2,1H3. The molecule has 0 unspecified atom stereocenters. The lowest BCUT2D eigenvalue weighted by Gasteiger charge is -2.32. The van der Waals surface area contributed by atoms with Gasteiger partial charge in [-0.1, -0.05) is 0 Å². The highest BCUT2D eigenvalue weighted by Gasteiger charge is 2.23. The Kier molecular flexibility index (Phi) is 4.59. The molecule has 0 atom stereocenters. The van der Waals surface area contributed by atoms with Crippen molar-refractivity contribution >= 4 is 17.1 Å². The van der Waals surface area contributed by atoms with Crippen molar-refractivity contribution in [1.29, 1.82) is 5.26 Å². The molecule has 3 aromatic heterocycles. The van der Waals surface area contributed by atoms with Gasteiger partial charge in [-0.25, -0.2) is 19.7 Å². The zero-order valence-electron chi connectivity index (χ0n) is 15.2. The van der Waals surface area contributed by atoms with Crippen molar-refractivity contribution in [1.82, 2.24) is 24.1 Å².